The third-order valence-corrected chi connectivity index (χ3v) is 2.79. The predicted octanol–water partition coefficient (Wildman–Crippen LogP) is 0.983. The first kappa shape index (κ1) is 12.8. The van der Waals surface area contributed by atoms with Crippen LogP contribution in [0.5, 0.6) is 0 Å². The summed E-state index contributed by atoms with van der Waals surface area (Å²) in [4.78, 5) is 10.8. The van der Waals surface area contributed by atoms with Gasteiger partial charge >= 0.3 is 0 Å². The minimum absolute atomic E-state index is 0.132. The summed E-state index contributed by atoms with van der Waals surface area (Å²) in [6, 6.07) is 0.298. The summed E-state index contributed by atoms with van der Waals surface area (Å²) in [6.45, 7) is 2.02. The van der Waals surface area contributed by atoms with Crippen LogP contribution >= 0.6 is 11.8 Å². The molecule has 0 saturated carbocycles. The fraction of sp³-hybridized carbons (Fsp3) is 0.889. The molecule has 4 heteroatoms. The monoisotopic (exact) mass is 204 g/mol. The zero-order chi connectivity index (χ0) is 10.1. The fourth-order valence-corrected chi connectivity index (χ4v) is 1.92. The molecule has 3 nitrogen and oxygen atoms in total. The van der Waals surface area contributed by atoms with E-state index in [-0.39, 0.29) is 5.91 Å². The number of nitrogens with two attached hydrogens (primary N) is 1. The molecular weight excluding hydrogens is 184 g/mol. The molecule has 0 aromatic carbocycles. The summed E-state index contributed by atoms with van der Waals surface area (Å²) in [7, 11) is 1.67. The van der Waals surface area contributed by atoms with Gasteiger partial charge in [-0.3, -0.25) is 4.79 Å². The lowest BCUT2D eigenvalue weighted by atomic mass is 10.3. The van der Waals surface area contributed by atoms with E-state index in [0.717, 1.165) is 24.3 Å². The van der Waals surface area contributed by atoms with Crippen LogP contribution in [0.2, 0.25) is 0 Å². The molecule has 1 atom stereocenters. The van der Waals surface area contributed by atoms with Gasteiger partial charge in [0.15, 0.2) is 0 Å². The number of carbonyl (C=O) groups excluding carboxylic acids is 1. The molecule has 0 rings (SSSR count). The quantitative estimate of drug-likeness (QED) is 0.608. The van der Waals surface area contributed by atoms with Gasteiger partial charge in [0.1, 0.15) is 0 Å². The van der Waals surface area contributed by atoms with Gasteiger partial charge in [-0.05, 0) is 31.3 Å². The lowest BCUT2D eigenvalue weighted by Crippen LogP contribution is -2.17. The van der Waals surface area contributed by atoms with Crippen LogP contribution in [0.25, 0.3) is 0 Å². The molecule has 1 unspecified atom stereocenters. The number of carbonyl (C=O) groups is 1. The molecular formula is C9H20N2OS. The Labute approximate surface area is 84.8 Å². The summed E-state index contributed by atoms with van der Waals surface area (Å²) in [5.41, 5.74) is 5.60. The molecule has 0 aromatic rings. The van der Waals surface area contributed by atoms with Gasteiger partial charge in [-0.1, -0.05) is 0 Å². The summed E-state index contributed by atoms with van der Waals surface area (Å²) in [6.07, 6.45) is 2.66. The van der Waals surface area contributed by atoms with Gasteiger partial charge in [-0.2, -0.15) is 11.8 Å². The zero-order valence-corrected chi connectivity index (χ0v) is 9.32. The molecule has 0 bridgehead atoms. The number of thioether (sulfide) groups is 1. The molecule has 0 fully saturated rings. The maximum absolute atomic E-state index is 10.8. The van der Waals surface area contributed by atoms with Gasteiger partial charge in [-0.15, -0.1) is 0 Å². The van der Waals surface area contributed by atoms with Crippen LogP contribution in [-0.4, -0.2) is 30.5 Å². The second-order valence-electron chi connectivity index (χ2n) is 3.16. The third kappa shape index (κ3) is 9.70. The Balaban J connectivity index is 3.04. The van der Waals surface area contributed by atoms with E-state index in [2.05, 4.69) is 5.32 Å². The van der Waals surface area contributed by atoms with Crippen LogP contribution in [0.4, 0.5) is 0 Å². The molecule has 13 heavy (non-hydrogen) atoms. The van der Waals surface area contributed by atoms with Crippen LogP contribution in [0, 0.1) is 0 Å². The number of hydrogen-bond acceptors (Lipinski definition) is 3. The van der Waals surface area contributed by atoms with Gasteiger partial charge in [-0.25, -0.2) is 0 Å². The smallest absolute Gasteiger partial charge is 0.219 e. The average Bonchev–Trinajstić information content (AvgIpc) is 2.10. The first-order valence-electron chi connectivity index (χ1n) is 4.70. The Morgan fingerprint density at radius 2 is 2.23 bits per heavy atom. The highest BCUT2D eigenvalue weighted by Crippen LogP contribution is 2.07. The predicted molar refractivity (Wildman–Crippen MR) is 58.9 cm³/mol. The molecule has 0 heterocycles. The van der Waals surface area contributed by atoms with Crippen molar-refractivity contribution in [2.45, 2.75) is 32.2 Å². The van der Waals surface area contributed by atoms with Crippen LogP contribution in [0.1, 0.15) is 26.2 Å². The van der Waals surface area contributed by atoms with Crippen molar-refractivity contribution in [3.05, 3.63) is 0 Å². The van der Waals surface area contributed by atoms with Gasteiger partial charge < -0.3 is 11.1 Å². The molecule has 0 aliphatic rings. The van der Waals surface area contributed by atoms with Crippen molar-refractivity contribution >= 4 is 17.7 Å². The van der Waals surface area contributed by atoms with E-state index >= 15 is 0 Å². The Hall–Kier alpha value is -0.220. The molecule has 3 N–H and O–H groups in total. The molecule has 0 aliphatic carbocycles. The number of hydrogen-bond donors (Lipinski definition) is 2. The van der Waals surface area contributed by atoms with Crippen LogP contribution in [0.3, 0.4) is 0 Å². The van der Waals surface area contributed by atoms with E-state index < -0.39 is 0 Å². The lowest BCUT2D eigenvalue weighted by molar-refractivity contribution is -0.120. The second kappa shape index (κ2) is 8.38. The van der Waals surface area contributed by atoms with Crippen molar-refractivity contribution in [2.75, 3.05) is 18.6 Å². The highest BCUT2D eigenvalue weighted by Gasteiger charge is 1.98. The Kier molecular flexibility index (Phi) is 8.24. The van der Waals surface area contributed by atoms with Gasteiger partial charge in [0, 0.05) is 19.5 Å². The van der Waals surface area contributed by atoms with E-state index in [1.54, 1.807) is 7.05 Å². The summed E-state index contributed by atoms with van der Waals surface area (Å²) in [5.74, 6) is 2.29. The Morgan fingerprint density at radius 1 is 1.54 bits per heavy atom. The minimum atomic E-state index is 0.132. The van der Waals surface area contributed by atoms with Gasteiger partial charge in [0.05, 0.1) is 0 Å². The van der Waals surface area contributed by atoms with Crippen LogP contribution in [-0.2, 0) is 4.79 Å². The van der Waals surface area contributed by atoms with Crippen molar-refractivity contribution in [3.8, 4) is 0 Å². The van der Waals surface area contributed by atoms with Gasteiger partial charge in [0.2, 0.25) is 5.91 Å². The SMILES string of the molecule is CNC(=O)CCCSCCC(C)N. The first-order chi connectivity index (χ1) is 6.16. The Bertz CT molecular complexity index is 140. The van der Waals surface area contributed by atoms with E-state index in [4.69, 9.17) is 5.73 Å². The number of amides is 1. The molecule has 1 amide bonds. The molecule has 0 aromatic heterocycles. The zero-order valence-electron chi connectivity index (χ0n) is 8.51. The van der Waals surface area contributed by atoms with E-state index in [0.29, 0.717) is 12.5 Å². The topological polar surface area (TPSA) is 55.1 Å². The highest BCUT2D eigenvalue weighted by molar-refractivity contribution is 7.99. The van der Waals surface area contributed by atoms with Gasteiger partial charge in [0.25, 0.3) is 0 Å². The van der Waals surface area contributed by atoms with Crippen molar-refractivity contribution in [3.63, 3.8) is 0 Å². The largest absolute Gasteiger partial charge is 0.359 e. The molecule has 0 radical (unpaired) electrons. The van der Waals surface area contributed by atoms with Crippen molar-refractivity contribution in [1.82, 2.24) is 5.32 Å². The maximum atomic E-state index is 10.8. The standard InChI is InChI=1S/C9H20N2OS/c1-8(10)5-7-13-6-3-4-9(12)11-2/h8H,3-7,10H2,1-2H3,(H,11,12). The lowest BCUT2D eigenvalue weighted by Gasteiger charge is -2.04. The van der Waals surface area contributed by atoms with Crippen LogP contribution in [0.15, 0.2) is 0 Å². The number of nitrogens with one attached hydrogen (secondary N) is 1. The second-order valence-corrected chi connectivity index (χ2v) is 4.38. The summed E-state index contributed by atoms with van der Waals surface area (Å²) in [5, 5.41) is 2.61. The van der Waals surface area contributed by atoms with E-state index in [9.17, 15) is 4.79 Å². The van der Waals surface area contributed by atoms with Crippen LogP contribution < -0.4 is 11.1 Å². The van der Waals surface area contributed by atoms with E-state index in [1.807, 2.05) is 18.7 Å². The molecule has 0 aliphatic heterocycles. The highest BCUT2D eigenvalue weighted by atomic mass is 32.2. The Morgan fingerprint density at radius 3 is 2.77 bits per heavy atom. The third-order valence-electron chi connectivity index (χ3n) is 1.69. The molecule has 78 valence electrons. The normalized spacial score (nSPS) is 12.5. The average molecular weight is 204 g/mol. The number of rotatable bonds is 7. The van der Waals surface area contributed by atoms with E-state index in [1.165, 1.54) is 0 Å². The molecule has 0 saturated heterocycles. The summed E-state index contributed by atoms with van der Waals surface area (Å²) >= 11 is 1.87. The van der Waals surface area contributed by atoms with Crippen molar-refractivity contribution in [1.29, 1.82) is 0 Å². The van der Waals surface area contributed by atoms with Crippen molar-refractivity contribution < 1.29 is 4.79 Å². The molecule has 0 spiro atoms. The van der Waals surface area contributed by atoms with Crippen molar-refractivity contribution in [2.24, 2.45) is 5.73 Å². The first-order valence-corrected chi connectivity index (χ1v) is 5.86. The summed E-state index contributed by atoms with van der Waals surface area (Å²) < 4.78 is 0. The fourth-order valence-electron chi connectivity index (χ4n) is 0.831. The minimum Gasteiger partial charge on any atom is -0.359 e. The maximum Gasteiger partial charge on any atom is 0.219 e.